The lowest BCUT2D eigenvalue weighted by atomic mass is 9.93. The first-order valence-corrected chi connectivity index (χ1v) is 9.73. The van der Waals surface area contributed by atoms with Gasteiger partial charge in [-0.3, -0.25) is 4.79 Å². The molecule has 1 heterocycles. The summed E-state index contributed by atoms with van der Waals surface area (Å²) in [6.07, 6.45) is 1.65. The molecular formula is C22H19NO4S. The molecule has 0 amide bonds. The summed E-state index contributed by atoms with van der Waals surface area (Å²) in [7, 11) is 1.43. The molecule has 1 aromatic heterocycles. The summed E-state index contributed by atoms with van der Waals surface area (Å²) >= 11 is 1.20. The molecule has 1 aliphatic rings. The Bertz CT molecular complexity index is 1050. The minimum Gasteiger partial charge on any atom is -0.478 e. The molecule has 0 unspecified atom stereocenters. The Morgan fingerprint density at radius 3 is 2.04 bits per heavy atom. The van der Waals surface area contributed by atoms with E-state index in [1.807, 2.05) is 48.5 Å². The predicted octanol–water partition coefficient (Wildman–Crippen LogP) is 4.69. The summed E-state index contributed by atoms with van der Waals surface area (Å²) in [4.78, 5) is 24.2. The minimum absolute atomic E-state index is 0.168. The number of carbonyl (C=O) groups is 2. The van der Waals surface area contributed by atoms with Crippen LogP contribution in [0.3, 0.4) is 0 Å². The molecule has 0 radical (unpaired) electrons. The van der Waals surface area contributed by atoms with Crippen LogP contribution >= 0.6 is 11.5 Å². The summed E-state index contributed by atoms with van der Waals surface area (Å²) in [6.45, 7) is 1.71. The Labute approximate surface area is 166 Å². The number of aromatic nitrogens is 1. The number of aryl methyl sites for hydroxylation is 1. The molecule has 3 aromatic rings. The van der Waals surface area contributed by atoms with Gasteiger partial charge in [-0.25, -0.2) is 4.79 Å². The third-order valence-electron chi connectivity index (χ3n) is 5.32. The van der Waals surface area contributed by atoms with Gasteiger partial charge in [-0.2, -0.15) is 4.37 Å². The maximum Gasteiger partial charge on any atom is 0.339 e. The second-order valence-corrected chi connectivity index (χ2v) is 7.78. The maximum atomic E-state index is 12.0. The molecule has 1 aliphatic carbocycles. The van der Waals surface area contributed by atoms with Gasteiger partial charge in [0, 0.05) is 0 Å². The van der Waals surface area contributed by atoms with Crippen LogP contribution in [0.2, 0.25) is 0 Å². The number of benzene rings is 2. The molecule has 0 aliphatic heterocycles. The van der Waals surface area contributed by atoms with Crippen LogP contribution < -0.4 is 0 Å². The third kappa shape index (κ3) is 2.99. The lowest BCUT2D eigenvalue weighted by molar-refractivity contribution is -0.143. The molecule has 0 atom stereocenters. The normalized spacial score (nSPS) is 14.5. The molecule has 1 saturated carbocycles. The number of esters is 1. The van der Waals surface area contributed by atoms with E-state index in [1.54, 1.807) is 6.92 Å². The van der Waals surface area contributed by atoms with Crippen molar-refractivity contribution in [1.29, 1.82) is 0 Å². The van der Waals surface area contributed by atoms with E-state index < -0.39 is 11.4 Å². The second-order valence-electron chi connectivity index (χ2n) is 7.01. The molecule has 1 fully saturated rings. The average molecular weight is 393 g/mol. The third-order valence-corrected chi connectivity index (χ3v) is 6.31. The van der Waals surface area contributed by atoms with Gasteiger partial charge in [-0.05, 0) is 53.6 Å². The van der Waals surface area contributed by atoms with Crippen molar-refractivity contribution in [3.8, 4) is 21.6 Å². The van der Waals surface area contributed by atoms with Gasteiger partial charge < -0.3 is 9.84 Å². The van der Waals surface area contributed by atoms with E-state index in [0.29, 0.717) is 10.6 Å². The fourth-order valence-corrected chi connectivity index (χ4v) is 4.43. The van der Waals surface area contributed by atoms with Gasteiger partial charge in [0.1, 0.15) is 5.56 Å². The first-order valence-electron chi connectivity index (χ1n) is 8.95. The van der Waals surface area contributed by atoms with Gasteiger partial charge in [0.05, 0.1) is 23.1 Å². The van der Waals surface area contributed by atoms with E-state index >= 15 is 0 Å². The summed E-state index contributed by atoms with van der Waals surface area (Å²) in [5.74, 6) is -1.13. The van der Waals surface area contributed by atoms with Crippen molar-refractivity contribution in [2.24, 2.45) is 0 Å². The van der Waals surface area contributed by atoms with E-state index in [2.05, 4.69) is 4.37 Å². The zero-order valence-corrected chi connectivity index (χ0v) is 16.4. The monoisotopic (exact) mass is 393 g/mol. The summed E-state index contributed by atoms with van der Waals surface area (Å²) in [6, 6.07) is 15.8. The fraction of sp³-hybridized carbons (Fsp3) is 0.227. The largest absolute Gasteiger partial charge is 0.478 e. The van der Waals surface area contributed by atoms with Gasteiger partial charge in [0.25, 0.3) is 0 Å². The van der Waals surface area contributed by atoms with E-state index in [-0.39, 0.29) is 11.5 Å². The standard InChI is InChI=1S/C22H19NO4S/c1-13-18(20(24)25)19(28-23-13)16-5-3-14(4-6-16)15-7-9-17(10-8-15)22(11-12-22)21(26)27-2/h3-10H,11-12H2,1-2H3,(H,24,25). The lowest BCUT2D eigenvalue weighted by Gasteiger charge is -2.13. The number of hydrogen-bond acceptors (Lipinski definition) is 5. The fourth-order valence-electron chi connectivity index (χ4n) is 3.55. The number of aromatic carboxylic acids is 1. The number of methoxy groups -OCH3 is 1. The van der Waals surface area contributed by atoms with E-state index in [4.69, 9.17) is 4.74 Å². The maximum absolute atomic E-state index is 12.0. The number of hydrogen-bond donors (Lipinski definition) is 1. The van der Waals surface area contributed by atoms with Crippen LogP contribution in [-0.4, -0.2) is 28.5 Å². The van der Waals surface area contributed by atoms with E-state index in [9.17, 15) is 14.7 Å². The minimum atomic E-state index is -0.958. The van der Waals surface area contributed by atoms with Crippen molar-refractivity contribution in [1.82, 2.24) is 4.37 Å². The molecule has 142 valence electrons. The van der Waals surface area contributed by atoms with Crippen LogP contribution in [0, 0.1) is 6.92 Å². The molecule has 0 saturated heterocycles. The highest BCUT2D eigenvalue weighted by atomic mass is 32.1. The molecule has 1 N–H and O–H groups in total. The second kappa shape index (κ2) is 6.87. The highest BCUT2D eigenvalue weighted by Gasteiger charge is 2.52. The van der Waals surface area contributed by atoms with Crippen molar-refractivity contribution >= 4 is 23.5 Å². The molecule has 5 nitrogen and oxygen atoms in total. The van der Waals surface area contributed by atoms with Crippen molar-refractivity contribution < 1.29 is 19.4 Å². The van der Waals surface area contributed by atoms with Crippen molar-refractivity contribution in [2.45, 2.75) is 25.2 Å². The van der Waals surface area contributed by atoms with Crippen LogP contribution in [0.15, 0.2) is 48.5 Å². The molecule has 6 heteroatoms. The first kappa shape index (κ1) is 18.4. The summed E-state index contributed by atoms with van der Waals surface area (Å²) in [5.41, 5.74) is 4.23. The SMILES string of the molecule is COC(=O)C1(c2ccc(-c3ccc(-c4snc(C)c4C(=O)O)cc3)cc2)CC1. The number of rotatable bonds is 5. The van der Waals surface area contributed by atoms with Gasteiger partial charge in [0.15, 0.2) is 0 Å². The smallest absolute Gasteiger partial charge is 0.339 e. The quantitative estimate of drug-likeness (QED) is 0.637. The number of carboxylic acid groups (broad SMARTS) is 1. The Morgan fingerprint density at radius 2 is 1.54 bits per heavy atom. The molecule has 4 rings (SSSR count). The Kier molecular flexibility index (Phi) is 4.51. The molecule has 28 heavy (non-hydrogen) atoms. The highest BCUT2D eigenvalue weighted by molar-refractivity contribution is 7.10. The van der Waals surface area contributed by atoms with Crippen LogP contribution in [-0.2, 0) is 14.9 Å². The van der Waals surface area contributed by atoms with Gasteiger partial charge in [-0.15, -0.1) is 0 Å². The van der Waals surface area contributed by atoms with E-state index in [0.717, 1.165) is 35.1 Å². The number of carbonyl (C=O) groups excluding carboxylic acids is 1. The lowest BCUT2D eigenvalue weighted by Crippen LogP contribution is -2.21. The van der Waals surface area contributed by atoms with Crippen LogP contribution in [0.4, 0.5) is 0 Å². The topological polar surface area (TPSA) is 76.5 Å². The van der Waals surface area contributed by atoms with Crippen LogP contribution in [0.1, 0.15) is 34.5 Å². The molecule has 0 spiro atoms. The van der Waals surface area contributed by atoms with Gasteiger partial charge in [-0.1, -0.05) is 48.5 Å². The molecule has 0 bridgehead atoms. The van der Waals surface area contributed by atoms with Crippen LogP contribution in [0.25, 0.3) is 21.6 Å². The van der Waals surface area contributed by atoms with Crippen molar-refractivity contribution in [3.63, 3.8) is 0 Å². The zero-order chi connectivity index (χ0) is 19.9. The average Bonchev–Trinajstić information content (AvgIpc) is 3.43. The Balaban J connectivity index is 1.60. The number of ether oxygens (including phenoxy) is 1. The van der Waals surface area contributed by atoms with Gasteiger partial charge >= 0.3 is 11.9 Å². The molecular weight excluding hydrogens is 374 g/mol. The predicted molar refractivity (Wildman–Crippen MR) is 108 cm³/mol. The Morgan fingerprint density at radius 1 is 1.00 bits per heavy atom. The summed E-state index contributed by atoms with van der Waals surface area (Å²) in [5, 5.41) is 9.42. The van der Waals surface area contributed by atoms with Crippen molar-refractivity contribution in [2.75, 3.05) is 7.11 Å². The first-order chi connectivity index (χ1) is 13.5. The van der Waals surface area contributed by atoms with E-state index in [1.165, 1.54) is 18.6 Å². The van der Waals surface area contributed by atoms with Crippen LogP contribution in [0.5, 0.6) is 0 Å². The molecule has 2 aromatic carbocycles. The van der Waals surface area contributed by atoms with Crippen molar-refractivity contribution in [3.05, 3.63) is 65.4 Å². The Hall–Kier alpha value is -2.99. The zero-order valence-electron chi connectivity index (χ0n) is 15.6. The highest BCUT2D eigenvalue weighted by Crippen LogP contribution is 2.49. The number of carboxylic acids is 1. The number of nitrogens with zero attached hydrogens (tertiary/aromatic N) is 1. The van der Waals surface area contributed by atoms with Gasteiger partial charge in [0.2, 0.25) is 0 Å². The summed E-state index contributed by atoms with van der Waals surface area (Å²) < 4.78 is 9.12.